The number of fused-ring (bicyclic) bond motifs is 2. The van der Waals surface area contributed by atoms with Crippen molar-refractivity contribution in [3.8, 4) is 23.0 Å². The van der Waals surface area contributed by atoms with Gasteiger partial charge in [-0.2, -0.15) is 0 Å². The Morgan fingerprint density at radius 1 is 1.07 bits per heavy atom. The molecule has 1 heterocycles. The van der Waals surface area contributed by atoms with Gasteiger partial charge < -0.3 is 24.1 Å². The molecule has 5 aliphatic rings. The topological polar surface area (TPSA) is 91.3 Å². The van der Waals surface area contributed by atoms with E-state index < -0.39 is 17.5 Å². The summed E-state index contributed by atoms with van der Waals surface area (Å²) < 4.78 is 23.9. The molecule has 2 aromatic carbocycles. The van der Waals surface area contributed by atoms with E-state index >= 15 is 0 Å². The molecule has 2 aromatic rings. The van der Waals surface area contributed by atoms with Crippen LogP contribution in [-0.2, 0) is 16.1 Å². The lowest BCUT2D eigenvalue weighted by atomic mass is 9.49. The van der Waals surface area contributed by atoms with Gasteiger partial charge in [0.25, 0.3) is 0 Å². The van der Waals surface area contributed by atoms with E-state index in [1.807, 2.05) is 13.8 Å². The predicted octanol–water partition coefficient (Wildman–Crippen LogP) is 7.97. The van der Waals surface area contributed by atoms with Crippen LogP contribution in [0.4, 0.5) is 0 Å². The molecule has 220 valence electrons. The Bertz CT molecular complexity index is 1380. The molecule has 0 saturated heterocycles. The Morgan fingerprint density at radius 3 is 2.29 bits per heavy atom. The molecule has 0 aromatic heterocycles. The van der Waals surface area contributed by atoms with E-state index in [9.17, 15) is 14.7 Å². The Kier molecular flexibility index (Phi) is 7.44. The molecule has 1 atom stereocenters. The van der Waals surface area contributed by atoms with E-state index in [1.54, 1.807) is 19.1 Å². The second-order valence-electron chi connectivity index (χ2n) is 12.9. The summed E-state index contributed by atoms with van der Waals surface area (Å²) in [5, 5.41) is 11.3. The van der Waals surface area contributed by atoms with Crippen LogP contribution in [-0.4, -0.2) is 24.2 Å². The Labute approximate surface area is 250 Å². The lowest BCUT2D eigenvalue weighted by molar-refractivity contribution is -0.161. The summed E-state index contributed by atoms with van der Waals surface area (Å²) in [6, 6.07) is 3.25. The molecule has 1 aliphatic heterocycles. The molecule has 4 bridgehead atoms. The van der Waals surface area contributed by atoms with Crippen LogP contribution in [0.25, 0.3) is 0 Å². The zero-order valence-corrected chi connectivity index (χ0v) is 25.4. The first-order valence-corrected chi connectivity index (χ1v) is 15.2. The normalized spacial score (nSPS) is 26.8. The molecule has 41 heavy (non-hydrogen) atoms. The van der Waals surface area contributed by atoms with E-state index in [-0.39, 0.29) is 57.1 Å². The Hall–Kier alpha value is -2.48. The van der Waals surface area contributed by atoms with Gasteiger partial charge in [0.15, 0.2) is 11.5 Å². The van der Waals surface area contributed by atoms with Gasteiger partial charge in [-0.25, -0.2) is 4.79 Å². The minimum Gasteiger partial charge on any atom is -0.495 e. The van der Waals surface area contributed by atoms with Crippen LogP contribution in [0.2, 0.25) is 10.0 Å². The second kappa shape index (κ2) is 10.7. The zero-order chi connectivity index (χ0) is 29.2. The third-order valence-corrected chi connectivity index (χ3v) is 10.4. The predicted molar refractivity (Wildman–Crippen MR) is 154 cm³/mol. The maximum atomic E-state index is 14.0. The average molecular weight is 604 g/mol. The number of ether oxygens (including phenoxy) is 4. The van der Waals surface area contributed by atoms with E-state index in [4.69, 9.17) is 42.1 Å². The molecule has 0 spiro atoms. The van der Waals surface area contributed by atoms with Gasteiger partial charge in [-0.15, -0.1) is 0 Å². The number of benzene rings is 2. The summed E-state index contributed by atoms with van der Waals surface area (Å²) in [6.45, 7) is 5.50. The molecule has 7 nitrogen and oxygen atoms in total. The van der Waals surface area contributed by atoms with Crippen LogP contribution in [0.5, 0.6) is 23.0 Å². The van der Waals surface area contributed by atoms with Crippen molar-refractivity contribution in [1.29, 1.82) is 0 Å². The number of hydrogen-bond acceptors (Lipinski definition) is 7. The minimum atomic E-state index is -0.857. The SMILES string of the molecule is COc1c([C@@H](O)CC(C)C)ccc2c1C(=O)OCc1c(Cl)c(C)c(Cl)c(OC(=O)C34CC5CC(CC(C5)C3)C4)c1O2. The Balaban J connectivity index is 1.42. The van der Waals surface area contributed by atoms with E-state index in [2.05, 4.69) is 0 Å². The molecule has 7 rings (SSSR count). The standard InChI is InChI=1S/C32H36Cl2O7/c1-15(2)7-22(35)20-5-6-23-24(27(20)38-4)30(36)39-14-21-25(33)16(3)26(34)29(28(21)40-23)41-31(37)32-11-17-8-18(12-32)10-19(9-17)13-32/h5-6,15,17-19,22,35H,7-14H2,1-4H3/t17?,18?,19?,22-,32?/m0/s1. The molecule has 0 radical (unpaired) electrons. The second-order valence-corrected chi connectivity index (χ2v) is 13.6. The summed E-state index contributed by atoms with van der Waals surface area (Å²) >= 11 is 13.5. The maximum absolute atomic E-state index is 14.0. The average Bonchev–Trinajstić information content (AvgIpc) is 2.91. The van der Waals surface area contributed by atoms with Crippen LogP contribution < -0.4 is 14.2 Å². The molecule has 0 unspecified atom stereocenters. The summed E-state index contributed by atoms with van der Waals surface area (Å²) in [7, 11) is 1.43. The van der Waals surface area contributed by atoms with Crippen LogP contribution in [0, 0.1) is 36.0 Å². The number of methoxy groups -OCH3 is 1. The molecule has 1 N–H and O–H groups in total. The summed E-state index contributed by atoms with van der Waals surface area (Å²) in [5.41, 5.74) is 0.837. The number of esters is 2. The van der Waals surface area contributed by atoms with Crippen molar-refractivity contribution in [3.05, 3.63) is 44.4 Å². The summed E-state index contributed by atoms with van der Waals surface area (Å²) in [5.74, 6) is 1.44. The van der Waals surface area contributed by atoms with Crippen molar-refractivity contribution in [2.45, 2.75) is 78.4 Å². The molecule has 9 heteroatoms. The molecular formula is C32H36Cl2O7. The van der Waals surface area contributed by atoms with Gasteiger partial charge in [-0.3, -0.25) is 4.79 Å². The fraction of sp³-hybridized carbons (Fsp3) is 0.562. The minimum absolute atomic E-state index is 0.0321. The van der Waals surface area contributed by atoms with Gasteiger partial charge in [0.1, 0.15) is 23.7 Å². The van der Waals surface area contributed by atoms with Gasteiger partial charge in [0.2, 0.25) is 0 Å². The van der Waals surface area contributed by atoms with Crippen molar-refractivity contribution < 1.29 is 33.6 Å². The molecular weight excluding hydrogens is 567 g/mol. The highest BCUT2D eigenvalue weighted by Gasteiger charge is 2.56. The number of rotatable bonds is 6. The summed E-state index contributed by atoms with van der Waals surface area (Å²) in [6.07, 6.45) is 5.72. The van der Waals surface area contributed by atoms with E-state index in [0.717, 1.165) is 19.3 Å². The van der Waals surface area contributed by atoms with Crippen molar-refractivity contribution in [1.82, 2.24) is 0 Å². The van der Waals surface area contributed by atoms with Gasteiger partial charge in [0, 0.05) is 5.56 Å². The number of hydrogen-bond donors (Lipinski definition) is 1. The van der Waals surface area contributed by atoms with Crippen molar-refractivity contribution >= 4 is 35.1 Å². The molecule has 4 saturated carbocycles. The largest absolute Gasteiger partial charge is 0.495 e. The van der Waals surface area contributed by atoms with Crippen molar-refractivity contribution in [3.63, 3.8) is 0 Å². The maximum Gasteiger partial charge on any atom is 0.346 e. The van der Waals surface area contributed by atoms with Gasteiger partial charge in [-0.1, -0.05) is 37.0 Å². The van der Waals surface area contributed by atoms with Gasteiger partial charge >= 0.3 is 11.9 Å². The lowest BCUT2D eigenvalue weighted by Crippen LogP contribution is -2.51. The Morgan fingerprint density at radius 2 is 1.71 bits per heavy atom. The molecule has 4 fully saturated rings. The van der Waals surface area contributed by atoms with Crippen LogP contribution in [0.1, 0.15) is 91.9 Å². The van der Waals surface area contributed by atoms with Crippen molar-refractivity contribution in [2.75, 3.05) is 7.11 Å². The number of carbonyl (C=O) groups excluding carboxylic acids is 2. The van der Waals surface area contributed by atoms with Crippen LogP contribution in [0.3, 0.4) is 0 Å². The highest BCUT2D eigenvalue weighted by molar-refractivity contribution is 6.38. The monoisotopic (exact) mass is 602 g/mol. The van der Waals surface area contributed by atoms with Gasteiger partial charge in [0.05, 0.1) is 34.2 Å². The fourth-order valence-corrected chi connectivity index (χ4v) is 8.46. The first-order valence-electron chi connectivity index (χ1n) is 14.5. The van der Waals surface area contributed by atoms with Crippen LogP contribution in [0.15, 0.2) is 12.1 Å². The first kappa shape index (κ1) is 28.6. The van der Waals surface area contributed by atoms with E-state index in [0.29, 0.717) is 40.9 Å². The third-order valence-electron chi connectivity index (χ3n) is 9.44. The number of halogens is 2. The lowest BCUT2D eigenvalue weighted by Gasteiger charge is -2.55. The molecule has 4 aliphatic carbocycles. The molecule has 0 amide bonds. The highest BCUT2D eigenvalue weighted by Crippen LogP contribution is 2.61. The van der Waals surface area contributed by atoms with Gasteiger partial charge in [-0.05, 0) is 93.2 Å². The third kappa shape index (κ3) is 4.88. The quantitative estimate of drug-likeness (QED) is 0.265. The smallest absolute Gasteiger partial charge is 0.346 e. The van der Waals surface area contributed by atoms with E-state index in [1.165, 1.54) is 26.4 Å². The number of aliphatic hydroxyl groups is 1. The fourth-order valence-electron chi connectivity index (χ4n) is 7.95. The highest BCUT2D eigenvalue weighted by atomic mass is 35.5. The number of aliphatic hydroxyl groups excluding tert-OH is 1. The number of carbonyl (C=O) groups is 2. The first-order chi connectivity index (χ1) is 19.5. The van der Waals surface area contributed by atoms with Crippen LogP contribution >= 0.6 is 23.2 Å². The zero-order valence-electron chi connectivity index (χ0n) is 23.9. The number of cyclic esters (lactones) is 1. The van der Waals surface area contributed by atoms with Crippen molar-refractivity contribution in [2.24, 2.45) is 29.1 Å². The summed E-state index contributed by atoms with van der Waals surface area (Å²) in [4.78, 5) is 27.3.